The van der Waals surface area contributed by atoms with Crippen LogP contribution in [0.15, 0.2) is 41.4 Å². The highest BCUT2D eigenvalue weighted by Gasteiger charge is 2.22. The second-order valence-corrected chi connectivity index (χ2v) is 4.75. The van der Waals surface area contributed by atoms with E-state index in [0.717, 1.165) is 16.3 Å². The first kappa shape index (κ1) is 14.6. The summed E-state index contributed by atoms with van der Waals surface area (Å²) in [6.07, 6.45) is 2.77. The summed E-state index contributed by atoms with van der Waals surface area (Å²) in [6.45, 7) is 5.57. The molecule has 0 bridgehead atoms. The van der Waals surface area contributed by atoms with Crippen LogP contribution in [-0.4, -0.2) is 23.6 Å². The van der Waals surface area contributed by atoms with Crippen LogP contribution in [0.25, 0.3) is 0 Å². The molecule has 0 saturated carbocycles. The van der Waals surface area contributed by atoms with Crippen LogP contribution in [-0.2, 0) is 9.59 Å². The topological polar surface area (TPSA) is 37.4 Å². The lowest BCUT2D eigenvalue weighted by Gasteiger charge is -2.29. The molecule has 4 heteroatoms. The highest BCUT2D eigenvalue weighted by Crippen LogP contribution is 2.29. The Morgan fingerprint density at radius 1 is 1.50 bits per heavy atom. The molecule has 1 unspecified atom stereocenters. The van der Waals surface area contributed by atoms with Crippen molar-refractivity contribution in [1.82, 2.24) is 4.90 Å². The lowest BCUT2D eigenvalue weighted by molar-refractivity contribution is -0.131. The van der Waals surface area contributed by atoms with Gasteiger partial charge in [0.05, 0.1) is 6.04 Å². The third kappa shape index (κ3) is 3.53. The van der Waals surface area contributed by atoms with Gasteiger partial charge in [-0.05, 0) is 11.6 Å². The fourth-order valence-electron chi connectivity index (χ4n) is 1.87. The maximum atomic E-state index is 11.7. The van der Waals surface area contributed by atoms with Gasteiger partial charge in [-0.3, -0.25) is 4.79 Å². The maximum Gasteiger partial charge on any atom is 0.220 e. The highest BCUT2D eigenvalue weighted by molar-refractivity contribution is 9.10. The number of hydrogen-bond donors (Lipinski definition) is 0. The number of nitrogens with zero attached hydrogens (tertiary/aromatic N) is 1. The summed E-state index contributed by atoms with van der Waals surface area (Å²) >= 11 is 3.46. The standard InChI is InChI=1S/C14H16BrNO2/c1-3-9-16(11(2)18)14(8-10-17)12-6-4-5-7-13(12)15/h3-7,10,14H,1,8-9H2,2H3. The number of rotatable bonds is 6. The van der Waals surface area contributed by atoms with Crippen molar-refractivity contribution >= 4 is 28.1 Å². The molecule has 1 rings (SSSR count). The average molecular weight is 310 g/mol. The fourth-order valence-corrected chi connectivity index (χ4v) is 2.42. The first-order valence-electron chi connectivity index (χ1n) is 5.68. The van der Waals surface area contributed by atoms with Crippen LogP contribution in [0.2, 0.25) is 0 Å². The number of amides is 1. The zero-order chi connectivity index (χ0) is 13.5. The van der Waals surface area contributed by atoms with Gasteiger partial charge in [0.25, 0.3) is 0 Å². The van der Waals surface area contributed by atoms with E-state index in [2.05, 4.69) is 22.5 Å². The van der Waals surface area contributed by atoms with E-state index in [1.165, 1.54) is 6.92 Å². The van der Waals surface area contributed by atoms with Gasteiger partial charge >= 0.3 is 0 Å². The highest BCUT2D eigenvalue weighted by atomic mass is 79.9. The Labute approximate surface area is 116 Å². The van der Waals surface area contributed by atoms with E-state index in [1.54, 1.807) is 11.0 Å². The predicted molar refractivity (Wildman–Crippen MR) is 75.1 cm³/mol. The third-order valence-corrected chi connectivity index (χ3v) is 3.41. The molecule has 0 aliphatic heterocycles. The monoisotopic (exact) mass is 309 g/mol. The zero-order valence-corrected chi connectivity index (χ0v) is 11.9. The minimum atomic E-state index is -0.256. The third-order valence-electron chi connectivity index (χ3n) is 2.69. The summed E-state index contributed by atoms with van der Waals surface area (Å²) in [5, 5.41) is 0. The number of halogens is 1. The average Bonchev–Trinajstić information content (AvgIpc) is 2.34. The molecule has 0 fully saturated rings. The molecule has 1 atom stereocenters. The van der Waals surface area contributed by atoms with Crippen LogP contribution in [0.1, 0.15) is 24.9 Å². The second kappa shape index (κ2) is 7.11. The minimum absolute atomic E-state index is 0.0718. The van der Waals surface area contributed by atoms with Gasteiger partial charge in [-0.25, -0.2) is 0 Å². The molecule has 0 aromatic heterocycles. The smallest absolute Gasteiger partial charge is 0.220 e. The summed E-state index contributed by atoms with van der Waals surface area (Å²) in [6, 6.07) is 7.35. The Morgan fingerprint density at radius 3 is 2.67 bits per heavy atom. The van der Waals surface area contributed by atoms with Crippen LogP contribution >= 0.6 is 15.9 Å². The molecule has 18 heavy (non-hydrogen) atoms. The molecule has 1 aromatic carbocycles. The number of carbonyl (C=O) groups excluding carboxylic acids is 2. The molecule has 0 aliphatic carbocycles. The predicted octanol–water partition coefficient (Wildman–Crippen LogP) is 3.11. The van der Waals surface area contributed by atoms with E-state index in [0.29, 0.717) is 6.54 Å². The van der Waals surface area contributed by atoms with Crippen molar-refractivity contribution in [2.45, 2.75) is 19.4 Å². The number of hydrogen-bond acceptors (Lipinski definition) is 2. The van der Waals surface area contributed by atoms with Crippen molar-refractivity contribution in [3.8, 4) is 0 Å². The lowest BCUT2D eigenvalue weighted by atomic mass is 10.0. The van der Waals surface area contributed by atoms with E-state index >= 15 is 0 Å². The van der Waals surface area contributed by atoms with Gasteiger partial charge in [-0.15, -0.1) is 6.58 Å². The molecule has 0 N–H and O–H groups in total. The van der Waals surface area contributed by atoms with Gasteiger partial charge in [0.1, 0.15) is 6.29 Å². The molecule has 3 nitrogen and oxygen atoms in total. The van der Waals surface area contributed by atoms with Crippen LogP contribution in [0.3, 0.4) is 0 Å². The number of benzene rings is 1. The van der Waals surface area contributed by atoms with Crippen molar-refractivity contribution in [1.29, 1.82) is 0 Å². The van der Waals surface area contributed by atoms with Gasteiger partial charge in [-0.1, -0.05) is 40.2 Å². The van der Waals surface area contributed by atoms with E-state index < -0.39 is 0 Å². The lowest BCUT2D eigenvalue weighted by Crippen LogP contribution is -2.33. The summed E-state index contributed by atoms with van der Waals surface area (Å²) < 4.78 is 0.896. The Kier molecular flexibility index (Phi) is 5.78. The Bertz CT molecular complexity index is 445. The van der Waals surface area contributed by atoms with Gasteiger partial charge in [-0.2, -0.15) is 0 Å². The quantitative estimate of drug-likeness (QED) is 0.598. The van der Waals surface area contributed by atoms with Crippen molar-refractivity contribution in [3.63, 3.8) is 0 Å². The summed E-state index contributed by atoms with van der Waals surface area (Å²) in [7, 11) is 0. The molecule has 0 radical (unpaired) electrons. The summed E-state index contributed by atoms with van der Waals surface area (Å²) in [5.41, 5.74) is 0.932. The van der Waals surface area contributed by atoms with E-state index in [1.807, 2.05) is 24.3 Å². The first-order chi connectivity index (χ1) is 8.61. The van der Waals surface area contributed by atoms with Gasteiger partial charge in [0, 0.05) is 24.4 Å². The van der Waals surface area contributed by atoms with Crippen LogP contribution < -0.4 is 0 Å². The van der Waals surface area contributed by atoms with E-state index in [-0.39, 0.29) is 18.4 Å². The van der Waals surface area contributed by atoms with E-state index in [4.69, 9.17) is 0 Å². The van der Waals surface area contributed by atoms with Crippen molar-refractivity contribution < 1.29 is 9.59 Å². The zero-order valence-electron chi connectivity index (χ0n) is 10.3. The number of aldehydes is 1. The Hall–Kier alpha value is -1.42. The Balaban J connectivity index is 3.14. The number of carbonyl (C=O) groups is 2. The SMILES string of the molecule is C=CCN(C(C)=O)C(CC=O)c1ccccc1Br. The molecule has 1 aromatic rings. The van der Waals surface area contributed by atoms with Crippen molar-refractivity contribution in [2.24, 2.45) is 0 Å². The van der Waals surface area contributed by atoms with Gasteiger partial charge in [0.15, 0.2) is 0 Å². The second-order valence-electron chi connectivity index (χ2n) is 3.90. The molecular formula is C14H16BrNO2. The van der Waals surface area contributed by atoms with Crippen LogP contribution in [0.5, 0.6) is 0 Å². The van der Waals surface area contributed by atoms with Gasteiger partial charge in [0.2, 0.25) is 5.91 Å². The fraction of sp³-hybridized carbons (Fsp3) is 0.286. The van der Waals surface area contributed by atoms with Crippen LogP contribution in [0, 0.1) is 0 Å². The Morgan fingerprint density at radius 2 is 2.17 bits per heavy atom. The van der Waals surface area contributed by atoms with E-state index in [9.17, 15) is 9.59 Å². The summed E-state index contributed by atoms with van der Waals surface area (Å²) in [5.74, 6) is -0.0718. The van der Waals surface area contributed by atoms with Crippen molar-refractivity contribution in [3.05, 3.63) is 47.0 Å². The molecule has 1 amide bonds. The van der Waals surface area contributed by atoms with Gasteiger partial charge < -0.3 is 9.69 Å². The van der Waals surface area contributed by atoms with Crippen LogP contribution in [0.4, 0.5) is 0 Å². The maximum absolute atomic E-state index is 11.7. The normalized spacial score (nSPS) is 11.7. The minimum Gasteiger partial charge on any atom is -0.332 e. The molecule has 0 heterocycles. The molecule has 0 spiro atoms. The molecule has 0 aliphatic rings. The molecular weight excluding hydrogens is 294 g/mol. The summed E-state index contributed by atoms with van der Waals surface area (Å²) in [4.78, 5) is 24.2. The molecule has 96 valence electrons. The molecule has 0 saturated heterocycles. The first-order valence-corrected chi connectivity index (χ1v) is 6.47. The van der Waals surface area contributed by atoms with Crippen molar-refractivity contribution in [2.75, 3.05) is 6.54 Å². The largest absolute Gasteiger partial charge is 0.332 e.